The molecule has 1 amide bonds. The van der Waals surface area contributed by atoms with Crippen molar-refractivity contribution in [2.75, 3.05) is 39.8 Å². The van der Waals surface area contributed by atoms with Crippen molar-refractivity contribution in [3.8, 4) is 17.6 Å². The van der Waals surface area contributed by atoms with E-state index in [1.807, 2.05) is 47.4 Å². The van der Waals surface area contributed by atoms with E-state index in [0.29, 0.717) is 24.7 Å². The molecule has 198 valence electrons. The Hall–Kier alpha value is -3.76. The summed E-state index contributed by atoms with van der Waals surface area (Å²) in [5.41, 5.74) is 2.73. The summed E-state index contributed by atoms with van der Waals surface area (Å²) < 4.78 is 11.3. The fourth-order valence-corrected chi connectivity index (χ4v) is 5.51. The van der Waals surface area contributed by atoms with Gasteiger partial charge in [0.05, 0.1) is 24.3 Å². The number of hydrogen-bond donors (Lipinski definition) is 0. The van der Waals surface area contributed by atoms with Crippen LogP contribution in [0.3, 0.4) is 0 Å². The summed E-state index contributed by atoms with van der Waals surface area (Å²) in [6.07, 6.45) is 10.1. The molecule has 3 aliphatic heterocycles. The molecule has 0 atom stereocenters. The van der Waals surface area contributed by atoms with E-state index in [2.05, 4.69) is 40.3 Å². The highest BCUT2D eigenvalue weighted by atomic mass is 16.5. The monoisotopic (exact) mass is 512 g/mol. The van der Waals surface area contributed by atoms with Crippen LogP contribution in [-0.2, 0) is 11.3 Å². The number of nitrogens with zero attached hydrogens (tertiary/aromatic N) is 4. The summed E-state index contributed by atoms with van der Waals surface area (Å²) in [6, 6.07) is 18.2. The van der Waals surface area contributed by atoms with Crippen molar-refractivity contribution in [1.29, 1.82) is 5.26 Å². The van der Waals surface area contributed by atoms with Crippen LogP contribution in [0.1, 0.15) is 36.8 Å². The highest BCUT2D eigenvalue weighted by Crippen LogP contribution is 2.25. The van der Waals surface area contributed by atoms with Gasteiger partial charge in [0.1, 0.15) is 17.6 Å². The Labute approximate surface area is 225 Å². The smallest absolute Gasteiger partial charge is 0.255 e. The number of amides is 1. The third kappa shape index (κ3) is 6.38. The van der Waals surface area contributed by atoms with E-state index in [4.69, 9.17) is 14.7 Å². The van der Waals surface area contributed by atoms with E-state index in [1.165, 1.54) is 5.56 Å². The van der Waals surface area contributed by atoms with Crippen molar-refractivity contribution in [1.82, 2.24) is 14.7 Å². The van der Waals surface area contributed by atoms with Crippen LogP contribution in [0.15, 0.2) is 72.5 Å². The molecule has 0 N–H and O–H groups in total. The molecule has 0 spiro atoms. The molecule has 2 aromatic carbocycles. The summed E-state index contributed by atoms with van der Waals surface area (Å²) >= 11 is 0. The first-order valence-corrected chi connectivity index (χ1v) is 13.6. The fourth-order valence-electron chi connectivity index (χ4n) is 5.51. The summed E-state index contributed by atoms with van der Waals surface area (Å²) in [6.45, 7) is 5.25. The zero-order valence-electron chi connectivity index (χ0n) is 22.1. The number of methoxy groups -OCH3 is 1. The van der Waals surface area contributed by atoms with Gasteiger partial charge in [-0.15, -0.1) is 0 Å². The molecule has 0 unspecified atom stereocenters. The Morgan fingerprint density at radius 2 is 1.63 bits per heavy atom. The van der Waals surface area contributed by atoms with Gasteiger partial charge in [0.25, 0.3) is 5.91 Å². The first-order valence-electron chi connectivity index (χ1n) is 13.6. The molecular weight excluding hydrogens is 476 g/mol. The zero-order valence-corrected chi connectivity index (χ0v) is 22.1. The van der Waals surface area contributed by atoms with Gasteiger partial charge in [0.15, 0.2) is 0 Å². The lowest BCUT2D eigenvalue weighted by molar-refractivity contribution is -0.128. The molecule has 2 aromatic rings. The van der Waals surface area contributed by atoms with Crippen LogP contribution in [0.4, 0.5) is 0 Å². The van der Waals surface area contributed by atoms with Gasteiger partial charge in [-0.05, 0) is 54.8 Å². The molecule has 0 aromatic heterocycles. The van der Waals surface area contributed by atoms with E-state index < -0.39 is 0 Å². The van der Waals surface area contributed by atoms with Crippen LogP contribution in [-0.4, -0.2) is 72.6 Å². The Kier molecular flexibility index (Phi) is 8.30. The minimum atomic E-state index is 0.118. The Bertz CT molecular complexity index is 1180. The van der Waals surface area contributed by atoms with E-state index in [0.717, 1.165) is 68.9 Å². The van der Waals surface area contributed by atoms with Crippen LogP contribution < -0.4 is 9.47 Å². The lowest BCUT2D eigenvalue weighted by atomic mass is 10.0. The molecule has 2 saturated heterocycles. The zero-order chi connectivity index (χ0) is 26.3. The predicted octanol–water partition coefficient (Wildman–Crippen LogP) is 4.36. The molecule has 38 heavy (non-hydrogen) atoms. The second-order valence-corrected chi connectivity index (χ2v) is 10.3. The maximum atomic E-state index is 13.3. The number of carbonyl (C=O) groups excluding carboxylic acids is 1. The lowest BCUT2D eigenvalue weighted by Gasteiger charge is -2.39. The molecule has 0 bridgehead atoms. The molecular formula is C31H36N4O3. The van der Waals surface area contributed by atoms with Gasteiger partial charge >= 0.3 is 0 Å². The van der Waals surface area contributed by atoms with E-state index in [1.54, 1.807) is 7.11 Å². The summed E-state index contributed by atoms with van der Waals surface area (Å²) in [7, 11) is 1.66. The van der Waals surface area contributed by atoms with Gasteiger partial charge in [-0.1, -0.05) is 24.3 Å². The molecule has 7 heteroatoms. The van der Waals surface area contributed by atoms with E-state index in [9.17, 15) is 4.79 Å². The van der Waals surface area contributed by atoms with E-state index in [-0.39, 0.29) is 12.0 Å². The maximum absolute atomic E-state index is 13.3. The number of nitriles is 1. The molecule has 0 saturated carbocycles. The number of piperidine rings is 2. The van der Waals surface area contributed by atoms with Crippen molar-refractivity contribution < 1.29 is 14.3 Å². The molecule has 5 rings (SSSR count). The molecule has 0 aliphatic carbocycles. The Morgan fingerprint density at radius 1 is 0.947 bits per heavy atom. The number of benzene rings is 2. The van der Waals surface area contributed by atoms with Crippen LogP contribution in [0.2, 0.25) is 0 Å². The molecule has 7 nitrogen and oxygen atoms in total. The minimum absolute atomic E-state index is 0.118. The molecule has 3 aliphatic rings. The summed E-state index contributed by atoms with van der Waals surface area (Å²) in [4.78, 5) is 20.1. The van der Waals surface area contributed by atoms with Crippen molar-refractivity contribution in [2.45, 2.75) is 44.4 Å². The highest BCUT2D eigenvalue weighted by Gasteiger charge is 2.28. The Balaban J connectivity index is 1.09. The average Bonchev–Trinajstić information content (AvgIpc) is 2.98. The lowest BCUT2D eigenvalue weighted by Crippen LogP contribution is -2.45. The maximum Gasteiger partial charge on any atom is 0.255 e. The van der Waals surface area contributed by atoms with Gasteiger partial charge in [-0.3, -0.25) is 9.69 Å². The first kappa shape index (κ1) is 25.9. The molecule has 3 heterocycles. The quantitative estimate of drug-likeness (QED) is 0.549. The van der Waals surface area contributed by atoms with Gasteiger partial charge in [0, 0.05) is 64.4 Å². The van der Waals surface area contributed by atoms with E-state index >= 15 is 0 Å². The van der Waals surface area contributed by atoms with Crippen LogP contribution in [0.25, 0.3) is 0 Å². The topological polar surface area (TPSA) is 69.0 Å². The first-order chi connectivity index (χ1) is 18.6. The van der Waals surface area contributed by atoms with Gasteiger partial charge in [-0.2, -0.15) is 5.26 Å². The number of likely N-dealkylation sites (tertiary alicyclic amines) is 2. The minimum Gasteiger partial charge on any atom is -0.497 e. The van der Waals surface area contributed by atoms with Crippen molar-refractivity contribution in [2.24, 2.45) is 0 Å². The number of ether oxygens (including phenoxy) is 2. The summed E-state index contributed by atoms with van der Waals surface area (Å²) in [5, 5.41) is 9.00. The second kappa shape index (κ2) is 12.2. The van der Waals surface area contributed by atoms with Crippen LogP contribution in [0, 0.1) is 11.3 Å². The van der Waals surface area contributed by atoms with Crippen molar-refractivity contribution in [3.63, 3.8) is 0 Å². The molecule has 0 radical (unpaired) electrons. The van der Waals surface area contributed by atoms with Crippen LogP contribution in [0.5, 0.6) is 11.5 Å². The summed E-state index contributed by atoms with van der Waals surface area (Å²) in [5.74, 6) is 1.77. The third-order valence-corrected chi connectivity index (χ3v) is 7.77. The van der Waals surface area contributed by atoms with Gasteiger partial charge in [-0.25, -0.2) is 0 Å². The van der Waals surface area contributed by atoms with Gasteiger partial charge in [0.2, 0.25) is 0 Å². The number of rotatable bonds is 7. The van der Waals surface area contributed by atoms with Gasteiger partial charge < -0.3 is 19.3 Å². The Morgan fingerprint density at radius 3 is 2.29 bits per heavy atom. The highest BCUT2D eigenvalue weighted by molar-refractivity contribution is 5.96. The number of carbonyl (C=O) groups is 1. The molecule has 2 fully saturated rings. The number of hydrogen-bond acceptors (Lipinski definition) is 6. The third-order valence-electron chi connectivity index (χ3n) is 7.77. The SMILES string of the molecule is COc1ccc(OC2CCN(C(=O)C3=CN(C4CCN(Cc5ccc(C#N)cc5)CC4)CC=C3)CC2)cc1. The fraction of sp³-hybridized carbons (Fsp3) is 0.419. The normalized spacial score (nSPS) is 19.1. The standard InChI is InChI=1S/C31H36N4O3/c1-37-28-8-10-29(11-9-28)38-30-14-19-34(20-15-30)31(36)26-3-2-16-35(23-26)27-12-17-33(18-13-27)22-25-6-4-24(21-32)5-7-25/h2-11,23,27,30H,12-20,22H2,1H3. The second-order valence-electron chi connectivity index (χ2n) is 10.3. The van der Waals surface area contributed by atoms with Crippen molar-refractivity contribution in [3.05, 3.63) is 83.6 Å². The predicted molar refractivity (Wildman–Crippen MR) is 147 cm³/mol. The van der Waals surface area contributed by atoms with Crippen LogP contribution >= 0.6 is 0 Å². The van der Waals surface area contributed by atoms with Crippen molar-refractivity contribution >= 4 is 5.91 Å². The average molecular weight is 513 g/mol. The largest absolute Gasteiger partial charge is 0.497 e.